The van der Waals surface area contributed by atoms with Gasteiger partial charge in [-0.25, -0.2) is 9.97 Å². The molecule has 0 aliphatic rings. The van der Waals surface area contributed by atoms with Gasteiger partial charge in [-0.3, -0.25) is 10.1 Å². The van der Waals surface area contributed by atoms with Crippen molar-refractivity contribution in [3.8, 4) is 0 Å². The number of thiazole rings is 2. The van der Waals surface area contributed by atoms with Crippen LogP contribution < -0.4 is 11.1 Å². The van der Waals surface area contributed by atoms with E-state index in [1.54, 1.807) is 6.92 Å². The number of carbonyl (C=O) groups excluding carboxylic acids is 1. The quantitative estimate of drug-likeness (QED) is 0.859. The van der Waals surface area contributed by atoms with E-state index in [2.05, 4.69) is 15.3 Å². The second kappa shape index (κ2) is 4.18. The SMILES string of the molecule is Cc1csc(NC(=O)c2sc(N)nc2C)n1. The Kier molecular flexibility index (Phi) is 2.88. The van der Waals surface area contributed by atoms with Crippen molar-refractivity contribution in [2.75, 3.05) is 11.1 Å². The minimum absolute atomic E-state index is 0.207. The van der Waals surface area contributed by atoms with Crippen molar-refractivity contribution in [1.82, 2.24) is 9.97 Å². The van der Waals surface area contributed by atoms with E-state index in [0.717, 1.165) is 5.69 Å². The van der Waals surface area contributed by atoms with Gasteiger partial charge in [-0.05, 0) is 13.8 Å². The minimum Gasteiger partial charge on any atom is -0.375 e. The maximum absolute atomic E-state index is 11.8. The first-order valence-corrected chi connectivity index (χ1v) is 6.22. The number of anilines is 2. The maximum atomic E-state index is 11.8. The Hall–Kier alpha value is -1.47. The van der Waals surface area contributed by atoms with E-state index in [4.69, 9.17) is 5.73 Å². The summed E-state index contributed by atoms with van der Waals surface area (Å²) in [6, 6.07) is 0. The van der Waals surface area contributed by atoms with Crippen molar-refractivity contribution in [2.45, 2.75) is 13.8 Å². The Balaban J connectivity index is 2.17. The molecule has 0 unspecified atom stereocenters. The third-order valence-electron chi connectivity index (χ3n) is 1.86. The lowest BCUT2D eigenvalue weighted by molar-refractivity contribution is 0.103. The zero-order valence-corrected chi connectivity index (χ0v) is 10.4. The van der Waals surface area contributed by atoms with Crippen molar-refractivity contribution in [2.24, 2.45) is 0 Å². The van der Waals surface area contributed by atoms with Gasteiger partial charge in [-0.1, -0.05) is 11.3 Å². The van der Waals surface area contributed by atoms with Crippen LogP contribution in [0.25, 0.3) is 0 Å². The predicted octanol–water partition coefficient (Wildman–Crippen LogP) is 2.05. The van der Waals surface area contributed by atoms with Crippen molar-refractivity contribution in [3.05, 3.63) is 21.6 Å². The summed E-state index contributed by atoms with van der Waals surface area (Å²) in [4.78, 5) is 20.5. The number of nitrogens with zero attached hydrogens (tertiary/aromatic N) is 2. The number of hydrogen-bond donors (Lipinski definition) is 2. The van der Waals surface area contributed by atoms with Gasteiger partial charge in [-0.15, -0.1) is 11.3 Å². The van der Waals surface area contributed by atoms with E-state index in [9.17, 15) is 4.79 Å². The van der Waals surface area contributed by atoms with Crippen LogP contribution in [0.3, 0.4) is 0 Å². The first-order chi connectivity index (χ1) is 7.56. The Morgan fingerprint density at radius 1 is 1.44 bits per heavy atom. The van der Waals surface area contributed by atoms with Crippen LogP contribution in [0.5, 0.6) is 0 Å². The van der Waals surface area contributed by atoms with E-state index >= 15 is 0 Å². The summed E-state index contributed by atoms with van der Waals surface area (Å²) in [5.74, 6) is -0.207. The topological polar surface area (TPSA) is 80.9 Å². The lowest BCUT2D eigenvalue weighted by atomic mass is 10.4. The molecule has 2 aromatic rings. The predicted molar refractivity (Wildman–Crippen MR) is 66.1 cm³/mol. The summed E-state index contributed by atoms with van der Waals surface area (Å²) in [5, 5.41) is 5.59. The molecular formula is C9H10N4OS2. The highest BCUT2D eigenvalue weighted by atomic mass is 32.1. The number of aryl methyl sites for hydroxylation is 2. The van der Waals surface area contributed by atoms with Crippen molar-refractivity contribution in [1.29, 1.82) is 0 Å². The molecular weight excluding hydrogens is 244 g/mol. The fourth-order valence-electron chi connectivity index (χ4n) is 1.19. The zero-order valence-electron chi connectivity index (χ0n) is 8.77. The molecule has 0 spiro atoms. The van der Waals surface area contributed by atoms with Gasteiger partial charge in [0, 0.05) is 5.38 Å². The zero-order chi connectivity index (χ0) is 11.7. The summed E-state index contributed by atoms with van der Waals surface area (Å²) < 4.78 is 0. The molecule has 16 heavy (non-hydrogen) atoms. The average molecular weight is 254 g/mol. The fraction of sp³-hybridized carbons (Fsp3) is 0.222. The highest BCUT2D eigenvalue weighted by Crippen LogP contribution is 2.22. The molecule has 0 fully saturated rings. The van der Waals surface area contributed by atoms with Crippen LogP contribution in [0, 0.1) is 13.8 Å². The van der Waals surface area contributed by atoms with E-state index in [1.165, 1.54) is 22.7 Å². The van der Waals surface area contributed by atoms with Crippen molar-refractivity contribution >= 4 is 38.8 Å². The molecule has 2 aromatic heterocycles. The minimum atomic E-state index is -0.207. The third kappa shape index (κ3) is 2.20. The first-order valence-electron chi connectivity index (χ1n) is 4.52. The van der Waals surface area contributed by atoms with E-state index in [1.807, 2.05) is 12.3 Å². The summed E-state index contributed by atoms with van der Waals surface area (Å²) in [7, 11) is 0. The molecule has 0 atom stereocenters. The summed E-state index contributed by atoms with van der Waals surface area (Å²) >= 11 is 2.58. The molecule has 0 saturated carbocycles. The normalized spacial score (nSPS) is 10.4. The summed E-state index contributed by atoms with van der Waals surface area (Å²) in [6.45, 7) is 3.64. The van der Waals surface area contributed by atoms with Crippen LogP contribution in [-0.4, -0.2) is 15.9 Å². The highest BCUT2D eigenvalue weighted by Gasteiger charge is 2.15. The van der Waals surface area contributed by atoms with Crippen LogP contribution in [0.15, 0.2) is 5.38 Å². The Bertz CT molecular complexity index is 531. The lowest BCUT2D eigenvalue weighted by Crippen LogP contribution is -2.11. The van der Waals surface area contributed by atoms with Crippen LogP contribution in [0.1, 0.15) is 21.1 Å². The van der Waals surface area contributed by atoms with Gasteiger partial charge in [0.15, 0.2) is 10.3 Å². The molecule has 84 valence electrons. The molecule has 3 N–H and O–H groups in total. The van der Waals surface area contributed by atoms with Gasteiger partial charge in [0.25, 0.3) is 5.91 Å². The van der Waals surface area contributed by atoms with Crippen LogP contribution >= 0.6 is 22.7 Å². The van der Waals surface area contributed by atoms with Gasteiger partial charge >= 0.3 is 0 Å². The van der Waals surface area contributed by atoms with Gasteiger partial charge in [0.05, 0.1) is 11.4 Å². The molecule has 2 heterocycles. The fourth-order valence-corrected chi connectivity index (χ4v) is 2.61. The van der Waals surface area contributed by atoms with E-state index in [-0.39, 0.29) is 5.91 Å². The standard InChI is InChI=1S/C9H10N4OS2/c1-4-3-15-9(11-4)13-7(14)6-5(2)12-8(10)16-6/h3H,1-2H3,(H2,10,12)(H,11,13,14). The molecule has 0 aliphatic heterocycles. The van der Waals surface area contributed by atoms with Crippen molar-refractivity contribution in [3.63, 3.8) is 0 Å². The Morgan fingerprint density at radius 3 is 2.69 bits per heavy atom. The average Bonchev–Trinajstić information content (AvgIpc) is 2.73. The van der Waals surface area contributed by atoms with Gasteiger partial charge in [0.1, 0.15) is 4.88 Å². The Morgan fingerprint density at radius 2 is 2.19 bits per heavy atom. The largest absolute Gasteiger partial charge is 0.375 e. The smallest absolute Gasteiger partial charge is 0.269 e. The monoisotopic (exact) mass is 254 g/mol. The first kappa shape index (κ1) is 11.0. The number of nitrogens with two attached hydrogens (primary N) is 1. The van der Waals surface area contributed by atoms with Gasteiger partial charge in [0.2, 0.25) is 0 Å². The van der Waals surface area contributed by atoms with E-state index < -0.39 is 0 Å². The number of aromatic nitrogens is 2. The number of nitrogen functional groups attached to an aromatic ring is 1. The molecule has 0 saturated heterocycles. The van der Waals surface area contributed by atoms with E-state index in [0.29, 0.717) is 20.8 Å². The van der Waals surface area contributed by atoms with Gasteiger partial charge in [-0.2, -0.15) is 0 Å². The van der Waals surface area contributed by atoms with Crippen LogP contribution in [-0.2, 0) is 0 Å². The molecule has 0 aromatic carbocycles. The second-order valence-corrected chi connectivity index (χ2v) is 5.10. The summed E-state index contributed by atoms with van der Waals surface area (Å²) in [6.07, 6.45) is 0. The van der Waals surface area contributed by atoms with Crippen LogP contribution in [0.4, 0.5) is 10.3 Å². The number of rotatable bonds is 2. The van der Waals surface area contributed by atoms with Gasteiger partial charge < -0.3 is 5.73 Å². The molecule has 1 amide bonds. The molecule has 0 radical (unpaired) electrons. The Labute approximate surface area is 100 Å². The molecule has 5 nitrogen and oxygen atoms in total. The highest BCUT2D eigenvalue weighted by molar-refractivity contribution is 7.17. The lowest BCUT2D eigenvalue weighted by Gasteiger charge is -1.98. The number of amides is 1. The number of carbonyl (C=O) groups is 1. The molecule has 7 heteroatoms. The molecule has 0 aliphatic carbocycles. The van der Waals surface area contributed by atoms with Crippen LogP contribution in [0.2, 0.25) is 0 Å². The number of nitrogens with one attached hydrogen (secondary N) is 1. The number of hydrogen-bond acceptors (Lipinski definition) is 6. The third-order valence-corrected chi connectivity index (χ3v) is 3.72. The summed E-state index contributed by atoms with van der Waals surface area (Å²) in [5.41, 5.74) is 7.07. The molecule has 0 bridgehead atoms. The molecule has 2 rings (SSSR count). The van der Waals surface area contributed by atoms with Crippen molar-refractivity contribution < 1.29 is 4.79 Å². The second-order valence-electron chi connectivity index (χ2n) is 3.21. The maximum Gasteiger partial charge on any atom is 0.269 e.